The van der Waals surface area contributed by atoms with Gasteiger partial charge in [0.1, 0.15) is 0 Å². The minimum Gasteiger partial charge on any atom is -0.355 e. The molecule has 0 aromatic heterocycles. The van der Waals surface area contributed by atoms with Gasteiger partial charge < -0.3 is 10.2 Å². The van der Waals surface area contributed by atoms with E-state index in [1.165, 1.54) is 24.8 Å². The number of benzene rings is 1. The molecular formula is C19H29N3O2S. The Hall–Kier alpha value is -1.56. The number of hydrogen-bond acceptors (Lipinski definition) is 3. The molecule has 0 spiro atoms. The van der Waals surface area contributed by atoms with Gasteiger partial charge in [0.05, 0.1) is 10.5 Å². The van der Waals surface area contributed by atoms with Crippen molar-refractivity contribution < 1.29 is 8.42 Å². The highest BCUT2D eigenvalue weighted by Crippen LogP contribution is 2.43. The van der Waals surface area contributed by atoms with Crippen molar-refractivity contribution >= 4 is 15.8 Å². The summed E-state index contributed by atoms with van der Waals surface area (Å²) >= 11 is 0. The monoisotopic (exact) mass is 363 g/mol. The third-order valence-electron chi connectivity index (χ3n) is 5.84. The first-order valence-corrected chi connectivity index (χ1v) is 10.7. The summed E-state index contributed by atoms with van der Waals surface area (Å²) in [6.07, 6.45) is 3.62. The van der Waals surface area contributed by atoms with E-state index in [-0.39, 0.29) is 11.2 Å². The van der Waals surface area contributed by atoms with Crippen LogP contribution in [0.4, 0.5) is 0 Å². The van der Waals surface area contributed by atoms with Crippen LogP contribution in [-0.2, 0) is 15.3 Å². The van der Waals surface area contributed by atoms with Crippen molar-refractivity contribution in [2.45, 2.75) is 43.3 Å². The van der Waals surface area contributed by atoms with Gasteiger partial charge in [-0.25, -0.2) is 8.42 Å². The molecule has 0 amide bonds. The van der Waals surface area contributed by atoms with Crippen LogP contribution in [-0.4, -0.2) is 56.5 Å². The molecule has 1 saturated carbocycles. The Kier molecular flexibility index (Phi) is 4.84. The second-order valence-corrected chi connectivity index (χ2v) is 10.6. The average molecular weight is 364 g/mol. The first-order valence-electron chi connectivity index (χ1n) is 9.03. The molecule has 0 unspecified atom stereocenters. The Balaban J connectivity index is 1.69. The first kappa shape index (κ1) is 18.2. The highest BCUT2D eigenvalue weighted by atomic mass is 32.2. The van der Waals surface area contributed by atoms with Crippen LogP contribution in [0.3, 0.4) is 0 Å². The Morgan fingerprint density at radius 1 is 1.24 bits per heavy atom. The van der Waals surface area contributed by atoms with Gasteiger partial charge in [-0.15, -0.1) is 0 Å². The SMILES string of the molecule is CN=C(NCC1(c2ccccc2)CCC1)N1CCS(=O)(=O)C(C)(C)C1. The van der Waals surface area contributed by atoms with Crippen molar-refractivity contribution in [1.82, 2.24) is 10.2 Å². The van der Waals surface area contributed by atoms with Gasteiger partial charge in [0.25, 0.3) is 0 Å². The molecular weight excluding hydrogens is 334 g/mol. The van der Waals surface area contributed by atoms with Gasteiger partial charge in [0.15, 0.2) is 15.8 Å². The lowest BCUT2D eigenvalue weighted by Crippen LogP contribution is -2.58. The number of hydrogen-bond donors (Lipinski definition) is 1. The maximum Gasteiger partial charge on any atom is 0.193 e. The minimum atomic E-state index is -3.04. The fourth-order valence-corrected chi connectivity index (χ4v) is 5.23. The van der Waals surface area contributed by atoms with Crippen LogP contribution in [0.15, 0.2) is 35.3 Å². The van der Waals surface area contributed by atoms with Crippen molar-refractivity contribution in [1.29, 1.82) is 0 Å². The molecule has 0 atom stereocenters. The third-order valence-corrected chi connectivity index (χ3v) is 8.37. The van der Waals surface area contributed by atoms with E-state index < -0.39 is 14.6 Å². The smallest absolute Gasteiger partial charge is 0.193 e. The largest absolute Gasteiger partial charge is 0.355 e. The first-order chi connectivity index (χ1) is 11.8. The van der Waals surface area contributed by atoms with Gasteiger partial charge in [-0.1, -0.05) is 36.8 Å². The van der Waals surface area contributed by atoms with Crippen molar-refractivity contribution in [3.63, 3.8) is 0 Å². The van der Waals surface area contributed by atoms with Crippen LogP contribution in [0.1, 0.15) is 38.7 Å². The van der Waals surface area contributed by atoms with Gasteiger partial charge in [0.2, 0.25) is 0 Å². The number of aliphatic imine (C=N–C) groups is 1. The molecule has 1 N–H and O–H groups in total. The van der Waals surface area contributed by atoms with Gasteiger partial charge in [-0.3, -0.25) is 4.99 Å². The normalized spacial score (nSPS) is 24.4. The summed E-state index contributed by atoms with van der Waals surface area (Å²) in [6.45, 7) is 5.43. The van der Waals surface area contributed by atoms with E-state index in [1.54, 1.807) is 20.9 Å². The fourth-order valence-electron chi connectivity index (χ4n) is 3.87. The van der Waals surface area contributed by atoms with Crippen LogP contribution >= 0.6 is 0 Å². The van der Waals surface area contributed by atoms with Crippen LogP contribution in [0.25, 0.3) is 0 Å². The topological polar surface area (TPSA) is 61.8 Å². The van der Waals surface area contributed by atoms with Crippen molar-refractivity contribution in [3.8, 4) is 0 Å². The lowest BCUT2D eigenvalue weighted by molar-refractivity contribution is 0.239. The highest BCUT2D eigenvalue weighted by molar-refractivity contribution is 7.92. The molecule has 1 aliphatic heterocycles. The van der Waals surface area contributed by atoms with E-state index in [1.807, 2.05) is 0 Å². The van der Waals surface area contributed by atoms with Crippen LogP contribution in [0.5, 0.6) is 0 Å². The molecule has 1 aromatic rings. The summed E-state index contributed by atoms with van der Waals surface area (Å²) in [5, 5.41) is 3.53. The molecule has 1 heterocycles. The molecule has 25 heavy (non-hydrogen) atoms. The molecule has 138 valence electrons. The van der Waals surface area contributed by atoms with Crippen molar-refractivity contribution in [2.75, 3.05) is 32.4 Å². The standard InChI is InChI=1S/C19H29N3O2S/c1-18(2)15-22(12-13-25(18,23)24)17(20-3)21-14-19(10-7-11-19)16-8-5-4-6-9-16/h4-6,8-9H,7,10-15H2,1-3H3,(H,20,21). The summed E-state index contributed by atoms with van der Waals surface area (Å²) in [7, 11) is -1.27. The molecule has 1 saturated heterocycles. The summed E-state index contributed by atoms with van der Waals surface area (Å²) in [5.41, 5.74) is 1.56. The van der Waals surface area contributed by atoms with E-state index in [0.717, 1.165) is 12.5 Å². The molecule has 0 radical (unpaired) electrons. The van der Waals surface area contributed by atoms with Crippen LogP contribution in [0, 0.1) is 0 Å². The fraction of sp³-hybridized carbons (Fsp3) is 0.632. The Labute approximate surface area is 151 Å². The summed E-state index contributed by atoms with van der Waals surface area (Å²) in [6, 6.07) is 10.7. The number of rotatable bonds is 3. The molecule has 2 fully saturated rings. The Bertz CT molecular complexity index is 737. The second-order valence-electron chi connectivity index (χ2n) is 7.90. The lowest BCUT2D eigenvalue weighted by atomic mass is 9.64. The minimum absolute atomic E-state index is 0.175. The van der Waals surface area contributed by atoms with E-state index in [2.05, 4.69) is 45.5 Å². The Morgan fingerprint density at radius 3 is 2.44 bits per heavy atom. The van der Waals surface area contributed by atoms with E-state index in [9.17, 15) is 8.42 Å². The molecule has 6 heteroatoms. The van der Waals surface area contributed by atoms with Crippen LogP contribution in [0.2, 0.25) is 0 Å². The molecule has 5 nitrogen and oxygen atoms in total. The molecule has 3 rings (SSSR count). The number of sulfone groups is 1. The zero-order chi connectivity index (χ0) is 18.1. The summed E-state index contributed by atoms with van der Waals surface area (Å²) in [5.74, 6) is 0.995. The predicted octanol–water partition coefficient (Wildman–Crippen LogP) is 2.19. The van der Waals surface area contributed by atoms with E-state index in [0.29, 0.717) is 13.1 Å². The summed E-state index contributed by atoms with van der Waals surface area (Å²) in [4.78, 5) is 6.50. The average Bonchev–Trinajstić information content (AvgIpc) is 2.54. The lowest BCUT2D eigenvalue weighted by Gasteiger charge is -2.44. The van der Waals surface area contributed by atoms with Gasteiger partial charge in [0, 0.05) is 32.1 Å². The van der Waals surface area contributed by atoms with E-state index >= 15 is 0 Å². The zero-order valence-electron chi connectivity index (χ0n) is 15.5. The second kappa shape index (κ2) is 6.63. The zero-order valence-corrected chi connectivity index (χ0v) is 16.3. The quantitative estimate of drug-likeness (QED) is 0.661. The van der Waals surface area contributed by atoms with Gasteiger partial charge in [-0.2, -0.15) is 0 Å². The number of nitrogens with one attached hydrogen (secondary N) is 1. The molecule has 0 bridgehead atoms. The predicted molar refractivity (Wildman–Crippen MR) is 103 cm³/mol. The molecule has 1 aromatic carbocycles. The molecule has 2 aliphatic rings. The van der Waals surface area contributed by atoms with Crippen LogP contribution < -0.4 is 5.32 Å². The highest BCUT2D eigenvalue weighted by Gasteiger charge is 2.42. The van der Waals surface area contributed by atoms with Gasteiger partial charge >= 0.3 is 0 Å². The third kappa shape index (κ3) is 3.41. The van der Waals surface area contributed by atoms with Crippen molar-refractivity contribution in [2.24, 2.45) is 4.99 Å². The number of guanidine groups is 1. The molecule has 1 aliphatic carbocycles. The number of nitrogens with zero attached hydrogens (tertiary/aromatic N) is 2. The maximum absolute atomic E-state index is 12.2. The van der Waals surface area contributed by atoms with Gasteiger partial charge in [-0.05, 0) is 32.3 Å². The van der Waals surface area contributed by atoms with E-state index in [4.69, 9.17) is 0 Å². The maximum atomic E-state index is 12.2. The summed E-state index contributed by atoms with van der Waals surface area (Å²) < 4.78 is 23.7. The Morgan fingerprint density at radius 2 is 1.92 bits per heavy atom. The van der Waals surface area contributed by atoms with Crippen molar-refractivity contribution in [3.05, 3.63) is 35.9 Å².